The molecule has 148 valence electrons. The number of rotatable bonds is 5. The topological polar surface area (TPSA) is 28.1 Å². The highest BCUT2D eigenvalue weighted by Crippen LogP contribution is 2.41. The maximum Gasteiger partial charge on any atom is 0.157 e. The van der Waals surface area contributed by atoms with Crippen LogP contribution in [-0.4, -0.2) is 48.4 Å². The van der Waals surface area contributed by atoms with Crippen molar-refractivity contribution in [2.24, 2.45) is 4.99 Å². The first kappa shape index (κ1) is 19.3. The van der Waals surface area contributed by atoms with Gasteiger partial charge in [-0.3, -0.25) is 4.90 Å². The summed E-state index contributed by atoms with van der Waals surface area (Å²) in [4.78, 5) is 9.95. The van der Waals surface area contributed by atoms with Gasteiger partial charge in [-0.25, -0.2) is 4.99 Å². The summed E-state index contributed by atoms with van der Waals surface area (Å²) < 4.78 is 6.17. The summed E-state index contributed by atoms with van der Waals surface area (Å²) >= 11 is 6.48. The average molecular weight is 398 g/mol. The van der Waals surface area contributed by atoms with Gasteiger partial charge in [-0.05, 0) is 37.2 Å². The Kier molecular flexibility index (Phi) is 6.18. The third kappa shape index (κ3) is 4.18. The van der Waals surface area contributed by atoms with E-state index in [-0.39, 0.29) is 0 Å². The van der Waals surface area contributed by atoms with Crippen LogP contribution in [0.25, 0.3) is 0 Å². The van der Waals surface area contributed by atoms with Crippen LogP contribution in [0.1, 0.15) is 38.2 Å². The molecule has 2 aliphatic rings. The molecule has 28 heavy (non-hydrogen) atoms. The highest BCUT2D eigenvalue weighted by molar-refractivity contribution is 6.33. The van der Waals surface area contributed by atoms with E-state index in [9.17, 15) is 0 Å². The molecule has 0 amide bonds. The van der Waals surface area contributed by atoms with Crippen molar-refractivity contribution in [3.8, 4) is 11.5 Å². The van der Waals surface area contributed by atoms with E-state index in [0.717, 1.165) is 49.0 Å². The van der Waals surface area contributed by atoms with Crippen molar-refractivity contribution < 1.29 is 4.74 Å². The van der Waals surface area contributed by atoms with E-state index >= 15 is 0 Å². The molecule has 0 spiro atoms. The largest absolute Gasteiger partial charge is 0.453 e. The van der Waals surface area contributed by atoms with Gasteiger partial charge in [-0.1, -0.05) is 56.0 Å². The Morgan fingerprint density at radius 2 is 1.79 bits per heavy atom. The van der Waals surface area contributed by atoms with Crippen molar-refractivity contribution in [3.05, 3.63) is 53.1 Å². The van der Waals surface area contributed by atoms with Gasteiger partial charge in [0, 0.05) is 26.2 Å². The summed E-state index contributed by atoms with van der Waals surface area (Å²) in [6.45, 7) is 7.56. The Bertz CT molecular complexity index is 843. The van der Waals surface area contributed by atoms with Crippen LogP contribution in [0, 0.1) is 0 Å². The Morgan fingerprint density at radius 1 is 0.964 bits per heavy atom. The van der Waals surface area contributed by atoms with E-state index in [4.69, 9.17) is 21.3 Å². The summed E-state index contributed by atoms with van der Waals surface area (Å²) in [6.07, 6.45) is 5.27. The first-order chi connectivity index (χ1) is 13.8. The van der Waals surface area contributed by atoms with Crippen LogP contribution in [0.15, 0.2) is 47.5 Å². The molecule has 1 saturated heterocycles. The van der Waals surface area contributed by atoms with Crippen molar-refractivity contribution in [2.45, 2.75) is 32.6 Å². The van der Waals surface area contributed by atoms with Gasteiger partial charge in [0.1, 0.15) is 11.5 Å². The number of nitrogens with zero attached hydrogens (tertiary/aromatic N) is 3. The highest BCUT2D eigenvalue weighted by Gasteiger charge is 2.26. The Morgan fingerprint density at radius 3 is 2.61 bits per heavy atom. The molecule has 0 unspecified atom stereocenters. The lowest BCUT2D eigenvalue weighted by atomic mass is 10.1. The van der Waals surface area contributed by atoms with Crippen LogP contribution in [-0.2, 0) is 0 Å². The lowest BCUT2D eigenvalue weighted by Crippen LogP contribution is -2.49. The van der Waals surface area contributed by atoms with E-state index in [1.165, 1.54) is 32.2 Å². The van der Waals surface area contributed by atoms with Crippen LogP contribution in [0.2, 0.25) is 5.02 Å². The zero-order valence-electron chi connectivity index (χ0n) is 16.5. The lowest BCUT2D eigenvalue weighted by Gasteiger charge is -2.36. The first-order valence-electron chi connectivity index (χ1n) is 10.4. The zero-order valence-corrected chi connectivity index (χ0v) is 17.3. The van der Waals surface area contributed by atoms with Crippen molar-refractivity contribution >= 4 is 23.1 Å². The van der Waals surface area contributed by atoms with Crippen molar-refractivity contribution in [1.82, 2.24) is 9.80 Å². The summed E-state index contributed by atoms with van der Waals surface area (Å²) in [5.74, 6) is 2.42. The van der Waals surface area contributed by atoms with Gasteiger partial charge >= 0.3 is 0 Å². The van der Waals surface area contributed by atoms with E-state index in [2.05, 4.69) is 22.8 Å². The van der Waals surface area contributed by atoms with Gasteiger partial charge in [-0.15, -0.1) is 0 Å². The maximum atomic E-state index is 6.48. The minimum absolute atomic E-state index is 0.622. The Labute approximate surface area is 172 Å². The third-order valence-electron chi connectivity index (χ3n) is 5.51. The molecule has 0 radical (unpaired) electrons. The molecule has 4 nitrogen and oxygen atoms in total. The number of halogens is 1. The third-order valence-corrected chi connectivity index (χ3v) is 5.81. The van der Waals surface area contributed by atoms with E-state index in [0.29, 0.717) is 10.8 Å². The second kappa shape index (κ2) is 8.97. The number of hydrogen-bond donors (Lipinski definition) is 0. The number of fused-ring (bicyclic) bond motifs is 2. The van der Waals surface area contributed by atoms with Gasteiger partial charge in [0.2, 0.25) is 0 Å². The fraction of sp³-hybridized carbons (Fsp3) is 0.435. The van der Waals surface area contributed by atoms with E-state index < -0.39 is 0 Å². The van der Waals surface area contributed by atoms with Crippen LogP contribution >= 0.6 is 11.6 Å². The number of para-hydroxylation sites is 3. The fourth-order valence-electron chi connectivity index (χ4n) is 3.90. The van der Waals surface area contributed by atoms with Crippen LogP contribution in [0.4, 0.5) is 5.69 Å². The maximum absolute atomic E-state index is 6.48. The van der Waals surface area contributed by atoms with Crippen LogP contribution < -0.4 is 4.74 Å². The number of hydrogen-bond acceptors (Lipinski definition) is 4. The average Bonchev–Trinajstić information content (AvgIpc) is 2.90. The molecule has 0 aliphatic carbocycles. The van der Waals surface area contributed by atoms with Crippen molar-refractivity contribution in [2.75, 3.05) is 32.7 Å². The smallest absolute Gasteiger partial charge is 0.157 e. The number of amidine groups is 1. The molecule has 2 aromatic carbocycles. The van der Waals surface area contributed by atoms with Crippen molar-refractivity contribution in [3.63, 3.8) is 0 Å². The van der Waals surface area contributed by atoms with E-state index in [1.807, 2.05) is 36.4 Å². The van der Waals surface area contributed by atoms with E-state index in [1.54, 1.807) is 0 Å². The monoisotopic (exact) mass is 397 g/mol. The molecular weight excluding hydrogens is 370 g/mol. The van der Waals surface area contributed by atoms with Gasteiger partial charge in [0.15, 0.2) is 11.5 Å². The number of unbranched alkanes of at least 4 members (excludes halogenated alkanes) is 3. The first-order valence-corrected chi connectivity index (χ1v) is 10.8. The molecule has 2 aliphatic heterocycles. The molecule has 2 heterocycles. The summed E-state index contributed by atoms with van der Waals surface area (Å²) in [5.41, 5.74) is 1.83. The second-order valence-corrected chi connectivity index (χ2v) is 7.92. The van der Waals surface area contributed by atoms with Crippen LogP contribution in [0.5, 0.6) is 11.5 Å². The van der Waals surface area contributed by atoms with Crippen LogP contribution in [0.3, 0.4) is 0 Å². The summed E-state index contributed by atoms with van der Waals surface area (Å²) in [7, 11) is 0. The van der Waals surface area contributed by atoms with Crippen molar-refractivity contribution in [1.29, 1.82) is 0 Å². The molecule has 0 atom stereocenters. The zero-order chi connectivity index (χ0) is 19.3. The van der Waals surface area contributed by atoms with Gasteiger partial charge in [-0.2, -0.15) is 0 Å². The second-order valence-electron chi connectivity index (χ2n) is 7.51. The minimum atomic E-state index is 0.622. The van der Waals surface area contributed by atoms with Gasteiger partial charge in [0.05, 0.1) is 10.6 Å². The predicted octanol–water partition coefficient (Wildman–Crippen LogP) is 5.72. The molecule has 1 fully saturated rings. The number of ether oxygens (including phenoxy) is 1. The molecule has 0 saturated carbocycles. The predicted molar refractivity (Wildman–Crippen MR) is 116 cm³/mol. The lowest BCUT2D eigenvalue weighted by molar-refractivity contribution is 0.179. The SMILES string of the molecule is CCCCCCN1CCN(C2=Nc3ccccc3Oc3c(Cl)cccc32)CC1. The normalized spacial score (nSPS) is 16.6. The standard InChI is InChI=1S/C23H28ClN3O/c1-2-3-4-7-13-26-14-16-27(17-15-26)23-18-9-8-10-19(24)22(18)28-21-12-6-5-11-20(21)25-23/h5-6,8-12H,2-4,7,13-17H2,1H3. The molecule has 0 N–H and O–H groups in total. The highest BCUT2D eigenvalue weighted by atomic mass is 35.5. The molecular formula is C23H28ClN3O. The van der Waals surface area contributed by atoms with Gasteiger partial charge < -0.3 is 9.64 Å². The molecule has 0 aromatic heterocycles. The molecule has 4 rings (SSSR count). The summed E-state index contributed by atoms with van der Waals surface area (Å²) in [5, 5.41) is 0.622. The fourth-order valence-corrected chi connectivity index (χ4v) is 4.11. The molecule has 5 heteroatoms. The Hall–Kier alpha value is -2.04. The van der Waals surface area contributed by atoms with Gasteiger partial charge in [0.25, 0.3) is 0 Å². The number of benzene rings is 2. The number of aliphatic imine (C=N–C) groups is 1. The molecule has 0 bridgehead atoms. The minimum Gasteiger partial charge on any atom is -0.453 e. The number of piperazine rings is 1. The Balaban J connectivity index is 1.54. The summed E-state index contributed by atoms with van der Waals surface area (Å²) in [6, 6.07) is 13.8. The molecule has 2 aromatic rings. The quantitative estimate of drug-likeness (QED) is 0.604.